The molecule has 0 aromatic carbocycles. The fraction of sp³-hybridized carbons (Fsp3) is 0.722. The number of amides is 1. The first-order valence-electron chi connectivity index (χ1n) is 9.28. The molecule has 1 amide bonds. The summed E-state index contributed by atoms with van der Waals surface area (Å²) in [7, 11) is 1.60. The van der Waals surface area contributed by atoms with Crippen LogP contribution in [0, 0.1) is 5.92 Å². The number of hydrogen-bond acceptors (Lipinski definition) is 6. The molecule has 2 N–H and O–H groups in total. The summed E-state index contributed by atoms with van der Waals surface area (Å²) in [5.74, 6) is 1.61. The van der Waals surface area contributed by atoms with E-state index in [-0.39, 0.29) is 23.9 Å². The Kier molecular flexibility index (Phi) is 5.73. The third-order valence-corrected chi connectivity index (χ3v) is 5.39. The first-order valence-corrected chi connectivity index (χ1v) is 9.28. The molecule has 25 heavy (non-hydrogen) atoms. The van der Waals surface area contributed by atoms with Crippen LogP contribution in [0.1, 0.15) is 39.0 Å². The molecule has 138 valence electrons. The molecule has 3 heterocycles. The molecular weight excluding hydrogens is 318 g/mol. The van der Waals surface area contributed by atoms with Crippen molar-refractivity contribution in [3.05, 3.63) is 12.3 Å². The minimum atomic E-state index is 0.0366. The number of ether oxygens (including phenoxy) is 1. The van der Waals surface area contributed by atoms with E-state index < -0.39 is 0 Å². The molecule has 2 aliphatic rings. The van der Waals surface area contributed by atoms with Crippen LogP contribution in [0.2, 0.25) is 0 Å². The maximum atomic E-state index is 13.0. The Morgan fingerprint density at radius 1 is 1.28 bits per heavy atom. The van der Waals surface area contributed by atoms with Crippen molar-refractivity contribution in [3.8, 4) is 5.88 Å². The van der Waals surface area contributed by atoms with Crippen molar-refractivity contribution in [2.24, 2.45) is 11.7 Å². The summed E-state index contributed by atoms with van der Waals surface area (Å²) in [6.45, 7) is 4.45. The molecular formula is C18H29N5O2. The molecule has 1 aromatic rings. The molecule has 0 saturated carbocycles. The fourth-order valence-corrected chi connectivity index (χ4v) is 3.94. The van der Waals surface area contributed by atoms with Gasteiger partial charge in [-0.3, -0.25) is 4.79 Å². The van der Waals surface area contributed by atoms with Crippen LogP contribution < -0.4 is 15.4 Å². The summed E-state index contributed by atoms with van der Waals surface area (Å²) >= 11 is 0. The van der Waals surface area contributed by atoms with Crippen molar-refractivity contribution < 1.29 is 9.53 Å². The van der Waals surface area contributed by atoms with Crippen molar-refractivity contribution in [1.82, 2.24) is 14.9 Å². The fourth-order valence-electron chi connectivity index (χ4n) is 3.94. The molecule has 2 fully saturated rings. The van der Waals surface area contributed by atoms with Gasteiger partial charge in [0.15, 0.2) is 0 Å². The van der Waals surface area contributed by atoms with Gasteiger partial charge in [0.1, 0.15) is 0 Å². The lowest BCUT2D eigenvalue weighted by Gasteiger charge is -2.41. The molecule has 7 nitrogen and oxygen atoms in total. The van der Waals surface area contributed by atoms with E-state index in [1.54, 1.807) is 19.4 Å². The maximum Gasteiger partial charge on any atom is 0.228 e. The highest BCUT2D eigenvalue weighted by atomic mass is 16.5. The number of methoxy groups -OCH3 is 1. The summed E-state index contributed by atoms with van der Waals surface area (Å²) in [5, 5.41) is 0. The van der Waals surface area contributed by atoms with Crippen LogP contribution in [0.15, 0.2) is 12.3 Å². The zero-order valence-corrected chi connectivity index (χ0v) is 15.2. The van der Waals surface area contributed by atoms with Gasteiger partial charge in [-0.2, -0.15) is 4.98 Å². The Morgan fingerprint density at radius 3 is 2.72 bits per heavy atom. The minimum Gasteiger partial charge on any atom is -0.481 e. The average Bonchev–Trinajstić information content (AvgIpc) is 2.67. The molecule has 2 saturated heterocycles. The van der Waals surface area contributed by atoms with Crippen molar-refractivity contribution >= 4 is 11.9 Å². The lowest BCUT2D eigenvalue weighted by atomic mass is 9.91. The minimum absolute atomic E-state index is 0.0366. The molecule has 0 spiro atoms. The lowest BCUT2D eigenvalue weighted by Crippen LogP contribution is -2.54. The second-order valence-corrected chi connectivity index (χ2v) is 7.11. The van der Waals surface area contributed by atoms with E-state index in [1.807, 2.05) is 6.92 Å². The largest absolute Gasteiger partial charge is 0.481 e. The SMILES string of the molecule is COc1ccnc(N2CCC(C(=O)N3CCCC[C@H]3[C@@H](C)N)CC2)n1. The van der Waals surface area contributed by atoms with E-state index in [1.165, 1.54) is 6.42 Å². The first kappa shape index (κ1) is 17.9. The number of aromatic nitrogens is 2. The summed E-state index contributed by atoms with van der Waals surface area (Å²) in [4.78, 5) is 25.9. The molecule has 7 heteroatoms. The Morgan fingerprint density at radius 2 is 2.04 bits per heavy atom. The highest BCUT2D eigenvalue weighted by molar-refractivity contribution is 5.79. The average molecular weight is 347 g/mol. The van der Waals surface area contributed by atoms with Crippen LogP contribution in [0.5, 0.6) is 5.88 Å². The molecule has 0 radical (unpaired) electrons. The number of carbonyl (C=O) groups excluding carboxylic acids is 1. The van der Waals surface area contributed by atoms with Crippen LogP contribution in [0.3, 0.4) is 0 Å². The Labute approximate surface area is 149 Å². The Bertz CT molecular complexity index is 587. The molecule has 3 rings (SSSR count). The molecule has 2 aliphatic heterocycles. The highest BCUT2D eigenvalue weighted by Crippen LogP contribution is 2.27. The second-order valence-electron chi connectivity index (χ2n) is 7.11. The normalized spacial score (nSPS) is 23.4. The van der Waals surface area contributed by atoms with Crippen LogP contribution in [-0.4, -0.2) is 59.6 Å². The molecule has 0 unspecified atom stereocenters. The topological polar surface area (TPSA) is 84.6 Å². The Hall–Kier alpha value is -1.89. The number of carbonyl (C=O) groups is 1. The number of anilines is 1. The van der Waals surface area contributed by atoms with Gasteiger partial charge < -0.3 is 20.3 Å². The van der Waals surface area contributed by atoms with Gasteiger partial charge in [-0.25, -0.2) is 4.98 Å². The molecule has 2 atom stereocenters. The van der Waals surface area contributed by atoms with Gasteiger partial charge in [0.05, 0.1) is 7.11 Å². The van der Waals surface area contributed by atoms with Gasteiger partial charge in [-0.15, -0.1) is 0 Å². The summed E-state index contributed by atoms with van der Waals surface area (Å²) in [6.07, 6.45) is 6.66. The first-order chi connectivity index (χ1) is 12.1. The molecule has 0 aliphatic carbocycles. The van der Waals surface area contributed by atoms with Gasteiger partial charge >= 0.3 is 0 Å². The van der Waals surface area contributed by atoms with Crippen molar-refractivity contribution in [1.29, 1.82) is 0 Å². The van der Waals surface area contributed by atoms with E-state index in [0.29, 0.717) is 11.8 Å². The van der Waals surface area contributed by atoms with E-state index in [2.05, 4.69) is 19.8 Å². The summed E-state index contributed by atoms with van der Waals surface area (Å²) in [5.41, 5.74) is 6.12. The third kappa shape index (κ3) is 4.03. The van der Waals surface area contributed by atoms with Crippen LogP contribution in [0.25, 0.3) is 0 Å². The van der Waals surface area contributed by atoms with Crippen LogP contribution in [0.4, 0.5) is 5.95 Å². The summed E-state index contributed by atoms with van der Waals surface area (Å²) < 4.78 is 5.17. The van der Waals surface area contributed by atoms with E-state index in [0.717, 1.165) is 45.3 Å². The Balaban J connectivity index is 1.60. The monoisotopic (exact) mass is 347 g/mol. The van der Waals surface area contributed by atoms with Gasteiger partial charge in [0, 0.05) is 49.9 Å². The van der Waals surface area contributed by atoms with Crippen molar-refractivity contribution in [3.63, 3.8) is 0 Å². The number of likely N-dealkylation sites (tertiary alicyclic amines) is 1. The van der Waals surface area contributed by atoms with Gasteiger partial charge in [-0.05, 0) is 39.0 Å². The van der Waals surface area contributed by atoms with E-state index in [9.17, 15) is 4.79 Å². The van der Waals surface area contributed by atoms with Crippen LogP contribution >= 0.6 is 0 Å². The standard InChI is InChI=1S/C18H29N5O2/c1-13(19)15-5-3-4-10-23(15)17(24)14-7-11-22(12-8-14)18-20-9-6-16(21-18)25-2/h6,9,13-15H,3-5,7-8,10-12,19H2,1-2H3/t13-,15+/m1/s1. The van der Waals surface area contributed by atoms with Gasteiger partial charge in [0.2, 0.25) is 17.7 Å². The van der Waals surface area contributed by atoms with Gasteiger partial charge in [0.25, 0.3) is 0 Å². The van der Waals surface area contributed by atoms with E-state index >= 15 is 0 Å². The number of rotatable bonds is 4. The number of nitrogens with zero attached hydrogens (tertiary/aromatic N) is 4. The molecule has 0 bridgehead atoms. The third-order valence-electron chi connectivity index (χ3n) is 5.39. The zero-order chi connectivity index (χ0) is 17.8. The lowest BCUT2D eigenvalue weighted by molar-refractivity contribution is -0.140. The zero-order valence-electron chi connectivity index (χ0n) is 15.2. The van der Waals surface area contributed by atoms with E-state index in [4.69, 9.17) is 10.5 Å². The van der Waals surface area contributed by atoms with Crippen molar-refractivity contribution in [2.45, 2.75) is 51.1 Å². The van der Waals surface area contributed by atoms with Crippen LogP contribution in [-0.2, 0) is 4.79 Å². The van der Waals surface area contributed by atoms with Crippen molar-refractivity contribution in [2.75, 3.05) is 31.6 Å². The predicted molar refractivity (Wildman–Crippen MR) is 96.5 cm³/mol. The maximum absolute atomic E-state index is 13.0. The summed E-state index contributed by atoms with van der Waals surface area (Å²) in [6, 6.07) is 1.97. The number of hydrogen-bond donors (Lipinski definition) is 1. The number of nitrogens with two attached hydrogens (primary N) is 1. The highest BCUT2D eigenvalue weighted by Gasteiger charge is 2.35. The number of piperidine rings is 2. The second kappa shape index (κ2) is 7.99. The quantitative estimate of drug-likeness (QED) is 0.887. The van der Waals surface area contributed by atoms with Gasteiger partial charge in [-0.1, -0.05) is 0 Å². The smallest absolute Gasteiger partial charge is 0.228 e. The predicted octanol–water partition coefficient (Wildman–Crippen LogP) is 1.43. The molecule has 1 aromatic heterocycles.